The third-order valence-corrected chi connectivity index (χ3v) is 1.71. The maximum atomic E-state index is 3.97. The van der Waals surface area contributed by atoms with Crippen LogP contribution < -0.4 is 0 Å². The molecule has 0 radical (unpaired) electrons. The summed E-state index contributed by atoms with van der Waals surface area (Å²) in [6.07, 6.45) is 1.70. The zero-order valence-corrected chi connectivity index (χ0v) is 8.21. The number of rotatable bonds is 1. The van der Waals surface area contributed by atoms with Crippen molar-refractivity contribution in [2.45, 2.75) is 0 Å². The second kappa shape index (κ2) is 3.79. The molecule has 0 unspecified atom stereocenters. The summed E-state index contributed by atoms with van der Waals surface area (Å²) in [5, 5.41) is 0. The molecule has 0 N–H and O–H groups in total. The normalized spacial score (nSPS) is 8.50. The molecule has 4 heteroatoms. The van der Waals surface area contributed by atoms with E-state index in [-0.39, 0.29) is 0 Å². The van der Waals surface area contributed by atoms with E-state index in [0.717, 1.165) is 10.3 Å². The number of aromatic nitrogens is 1. The van der Waals surface area contributed by atoms with E-state index in [4.69, 9.17) is 0 Å². The third-order valence-electron chi connectivity index (χ3n) is 0.905. The molecule has 0 aromatic carbocycles. The molecule has 0 bridgehead atoms. The van der Waals surface area contributed by atoms with Gasteiger partial charge in [0.25, 0.3) is 0 Å². The maximum absolute atomic E-state index is 3.97. The molecule has 0 saturated heterocycles. The number of pyridine rings is 1. The van der Waals surface area contributed by atoms with Crippen LogP contribution >= 0.6 is 15.9 Å². The number of hydrogen-bond donors (Lipinski definition) is 0. The molecular formula is C6H3BrN2Se. The van der Waals surface area contributed by atoms with E-state index in [2.05, 4.69) is 46.2 Å². The van der Waals surface area contributed by atoms with E-state index in [0.29, 0.717) is 0 Å². The predicted octanol–water partition coefficient (Wildman–Crippen LogP) is 1.55. The second-order valence-corrected chi connectivity index (χ2v) is 2.65. The van der Waals surface area contributed by atoms with Crippen LogP contribution in [0.5, 0.6) is 0 Å². The molecule has 0 spiro atoms. The summed E-state index contributed by atoms with van der Waals surface area (Å²) in [5.74, 6) is 0. The fourth-order valence-corrected chi connectivity index (χ4v) is 1.06. The summed E-state index contributed by atoms with van der Waals surface area (Å²) >= 11 is 5.79. The van der Waals surface area contributed by atoms with Gasteiger partial charge < -0.3 is 0 Å². The van der Waals surface area contributed by atoms with Gasteiger partial charge >= 0.3 is 74.8 Å². The van der Waals surface area contributed by atoms with Gasteiger partial charge in [-0.25, -0.2) is 0 Å². The Bertz CT molecular complexity index is 281. The zero-order chi connectivity index (χ0) is 7.40. The first kappa shape index (κ1) is 7.83. The van der Waals surface area contributed by atoms with Crippen LogP contribution in [0.15, 0.2) is 27.9 Å². The number of halogens is 1. The van der Waals surface area contributed by atoms with E-state index in [1.165, 1.54) is 0 Å². The Morgan fingerprint density at radius 1 is 1.70 bits per heavy atom. The van der Waals surface area contributed by atoms with Crippen LogP contribution in [0.2, 0.25) is 0 Å². The standard InChI is InChI=1S/C6H3BrN2Se/c7-6-5(9-4-10)2-1-3-8-6/h1-3H. The molecule has 0 aliphatic heterocycles. The molecule has 1 heterocycles. The van der Waals surface area contributed by atoms with Gasteiger partial charge in [0, 0.05) is 0 Å². The quantitative estimate of drug-likeness (QED) is 0.428. The Labute approximate surface area is 74.9 Å². The summed E-state index contributed by atoms with van der Waals surface area (Å²) < 4.78 is 3.29. The molecule has 50 valence electrons. The Hall–Kier alpha value is -0.271. The fourth-order valence-electron chi connectivity index (χ4n) is 0.510. The topological polar surface area (TPSA) is 25.2 Å². The van der Waals surface area contributed by atoms with E-state index in [1.54, 1.807) is 6.20 Å². The SMILES string of the molecule is [Se]=C=Nc1cccnc1Br. The summed E-state index contributed by atoms with van der Waals surface area (Å²) in [4.78, 5) is 7.86. The van der Waals surface area contributed by atoms with Crippen molar-refractivity contribution in [2.24, 2.45) is 4.99 Å². The van der Waals surface area contributed by atoms with Crippen LogP contribution in [-0.4, -0.2) is 25.3 Å². The van der Waals surface area contributed by atoms with Gasteiger partial charge in [0.05, 0.1) is 0 Å². The van der Waals surface area contributed by atoms with Gasteiger partial charge in [0.1, 0.15) is 0 Å². The van der Waals surface area contributed by atoms with Crippen molar-refractivity contribution < 1.29 is 0 Å². The van der Waals surface area contributed by atoms with Crippen molar-refractivity contribution in [2.75, 3.05) is 0 Å². The van der Waals surface area contributed by atoms with E-state index in [1.807, 2.05) is 12.1 Å². The van der Waals surface area contributed by atoms with E-state index in [9.17, 15) is 0 Å². The van der Waals surface area contributed by atoms with Crippen molar-refractivity contribution in [1.29, 1.82) is 0 Å². The van der Waals surface area contributed by atoms with Crippen molar-refractivity contribution in [3.63, 3.8) is 0 Å². The second-order valence-electron chi connectivity index (χ2n) is 1.52. The molecule has 1 aromatic heterocycles. The molecule has 0 aliphatic carbocycles. The zero-order valence-electron chi connectivity index (χ0n) is 4.91. The molecule has 10 heavy (non-hydrogen) atoms. The minimum absolute atomic E-state index is 0.734. The monoisotopic (exact) mass is 262 g/mol. The van der Waals surface area contributed by atoms with Crippen LogP contribution in [0.25, 0.3) is 0 Å². The summed E-state index contributed by atoms with van der Waals surface area (Å²) in [7, 11) is 0. The number of aliphatic imine (C=N–C) groups is 1. The fraction of sp³-hybridized carbons (Fsp3) is 0. The first-order chi connectivity index (χ1) is 4.84. The molecule has 0 fully saturated rings. The van der Waals surface area contributed by atoms with Crippen molar-refractivity contribution in [3.8, 4) is 0 Å². The molecular weight excluding hydrogens is 259 g/mol. The van der Waals surface area contributed by atoms with Gasteiger partial charge in [-0.15, -0.1) is 0 Å². The van der Waals surface area contributed by atoms with Gasteiger partial charge in [-0.1, -0.05) is 0 Å². The average Bonchev–Trinajstić information content (AvgIpc) is 1.94. The average molecular weight is 262 g/mol. The van der Waals surface area contributed by atoms with Gasteiger partial charge in [-0.05, 0) is 0 Å². The Morgan fingerprint density at radius 3 is 3.10 bits per heavy atom. The van der Waals surface area contributed by atoms with Crippen LogP contribution in [0.1, 0.15) is 0 Å². The molecule has 2 nitrogen and oxygen atoms in total. The Kier molecular flexibility index (Phi) is 2.97. The van der Waals surface area contributed by atoms with Crippen molar-refractivity contribution in [3.05, 3.63) is 22.9 Å². The van der Waals surface area contributed by atoms with Crippen molar-refractivity contribution in [1.82, 2.24) is 4.98 Å². The number of hydrogen-bond acceptors (Lipinski definition) is 2. The minimum atomic E-state index is 0.734. The Balaban J connectivity index is 3.14. The third kappa shape index (κ3) is 1.86. The summed E-state index contributed by atoms with van der Waals surface area (Å²) in [6, 6.07) is 3.67. The van der Waals surface area contributed by atoms with Crippen molar-refractivity contribution >= 4 is 41.9 Å². The first-order valence-electron chi connectivity index (χ1n) is 2.53. The van der Waals surface area contributed by atoms with Gasteiger partial charge in [0.2, 0.25) is 0 Å². The Morgan fingerprint density at radius 2 is 2.50 bits per heavy atom. The summed E-state index contributed by atoms with van der Waals surface area (Å²) in [6.45, 7) is 0. The predicted molar refractivity (Wildman–Crippen MR) is 44.8 cm³/mol. The molecule has 0 atom stereocenters. The van der Waals surface area contributed by atoms with Crippen LogP contribution in [-0.2, 0) is 0 Å². The molecule has 0 aliphatic rings. The van der Waals surface area contributed by atoms with Crippen LogP contribution in [0.3, 0.4) is 0 Å². The number of nitrogens with zero attached hydrogens (tertiary/aromatic N) is 2. The molecule has 1 rings (SSSR count). The first-order valence-corrected chi connectivity index (χ1v) is 4.18. The van der Waals surface area contributed by atoms with Gasteiger partial charge in [-0.3, -0.25) is 0 Å². The van der Waals surface area contributed by atoms with Crippen LogP contribution in [0, 0.1) is 0 Å². The van der Waals surface area contributed by atoms with E-state index < -0.39 is 0 Å². The summed E-state index contributed by atoms with van der Waals surface area (Å²) in [5.41, 5.74) is 0.779. The van der Waals surface area contributed by atoms with Gasteiger partial charge in [-0.2, -0.15) is 0 Å². The molecule has 1 aromatic rings. The molecule has 0 amide bonds. The molecule has 0 saturated carbocycles. The van der Waals surface area contributed by atoms with E-state index >= 15 is 0 Å². The van der Waals surface area contributed by atoms with Gasteiger partial charge in [0.15, 0.2) is 0 Å². The van der Waals surface area contributed by atoms with Crippen LogP contribution in [0.4, 0.5) is 5.69 Å².